The average molecular weight is 349 g/mol. The maximum absolute atomic E-state index is 12.5. The second-order valence-corrected chi connectivity index (χ2v) is 6.57. The highest BCUT2D eigenvalue weighted by atomic mass is 32.1. The fourth-order valence-electron chi connectivity index (χ4n) is 2.60. The Morgan fingerprint density at radius 2 is 2.00 bits per heavy atom. The minimum absolute atomic E-state index is 0.143. The standard InChI is InChI=1S/C18H15N5OS/c1-11-15(25-18(22-11)16-19-7-4-8-20-16)17(24)21-10-13-9-12-5-2-3-6-14(12)23-13/h2-9,23H,10H2,1H3,(H,21,24). The number of aromatic nitrogens is 4. The van der Waals surface area contributed by atoms with Gasteiger partial charge in [0.05, 0.1) is 12.2 Å². The van der Waals surface area contributed by atoms with Crippen LogP contribution in [0.4, 0.5) is 0 Å². The van der Waals surface area contributed by atoms with Crippen LogP contribution in [0.25, 0.3) is 21.7 Å². The molecular weight excluding hydrogens is 334 g/mol. The molecule has 0 aliphatic rings. The number of para-hydroxylation sites is 1. The maximum Gasteiger partial charge on any atom is 0.263 e. The fraction of sp³-hybridized carbons (Fsp3) is 0.111. The molecule has 1 aromatic carbocycles. The molecule has 0 saturated heterocycles. The molecule has 0 saturated carbocycles. The van der Waals surface area contributed by atoms with E-state index < -0.39 is 0 Å². The van der Waals surface area contributed by atoms with Crippen molar-refractivity contribution in [2.24, 2.45) is 0 Å². The summed E-state index contributed by atoms with van der Waals surface area (Å²) in [5.41, 5.74) is 2.70. The average Bonchev–Trinajstić information content (AvgIpc) is 3.23. The van der Waals surface area contributed by atoms with E-state index in [0.29, 0.717) is 27.9 Å². The topological polar surface area (TPSA) is 83.6 Å². The van der Waals surface area contributed by atoms with Crippen LogP contribution in [0.3, 0.4) is 0 Å². The Morgan fingerprint density at radius 1 is 1.20 bits per heavy atom. The van der Waals surface area contributed by atoms with Crippen molar-refractivity contribution in [1.82, 2.24) is 25.3 Å². The summed E-state index contributed by atoms with van der Waals surface area (Å²) in [6.45, 7) is 2.25. The first-order valence-electron chi connectivity index (χ1n) is 7.80. The van der Waals surface area contributed by atoms with Gasteiger partial charge in [-0.15, -0.1) is 11.3 Å². The van der Waals surface area contributed by atoms with Gasteiger partial charge in [-0.3, -0.25) is 4.79 Å². The Kier molecular flexibility index (Phi) is 3.99. The molecule has 0 aliphatic carbocycles. The second kappa shape index (κ2) is 6.45. The number of nitrogens with one attached hydrogen (secondary N) is 2. The van der Waals surface area contributed by atoms with Crippen LogP contribution in [-0.2, 0) is 6.54 Å². The molecule has 4 aromatic rings. The van der Waals surface area contributed by atoms with E-state index in [4.69, 9.17) is 0 Å². The van der Waals surface area contributed by atoms with Crippen LogP contribution in [0.5, 0.6) is 0 Å². The Hall–Kier alpha value is -3.06. The van der Waals surface area contributed by atoms with Crippen LogP contribution >= 0.6 is 11.3 Å². The molecule has 25 heavy (non-hydrogen) atoms. The van der Waals surface area contributed by atoms with E-state index in [1.54, 1.807) is 18.5 Å². The van der Waals surface area contributed by atoms with Gasteiger partial charge in [0.25, 0.3) is 5.91 Å². The molecule has 2 N–H and O–H groups in total. The van der Waals surface area contributed by atoms with Gasteiger partial charge in [0.1, 0.15) is 4.88 Å². The molecule has 3 aromatic heterocycles. The van der Waals surface area contributed by atoms with E-state index in [1.165, 1.54) is 11.3 Å². The number of nitrogens with zero attached hydrogens (tertiary/aromatic N) is 3. The second-order valence-electron chi connectivity index (χ2n) is 5.57. The van der Waals surface area contributed by atoms with Crippen LogP contribution < -0.4 is 5.32 Å². The lowest BCUT2D eigenvalue weighted by molar-refractivity contribution is 0.0953. The molecule has 4 rings (SSSR count). The largest absolute Gasteiger partial charge is 0.357 e. The van der Waals surface area contributed by atoms with E-state index in [-0.39, 0.29) is 5.91 Å². The van der Waals surface area contributed by atoms with Gasteiger partial charge in [-0.2, -0.15) is 0 Å². The van der Waals surface area contributed by atoms with Crippen molar-refractivity contribution in [3.05, 3.63) is 65.1 Å². The number of aryl methyl sites for hydroxylation is 1. The van der Waals surface area contributed by atoms with E-state index in [0.717, 1.165) is 16.6 Å². The number of thiazole rings is 1. The number of aromatic amines is 1. The highest BCUT2D eigenvalue weighted by molar-refractivity contribution is 7.17. The summed E-state index contributed by atoms with van der Waals surface area (Å²) in [5.74, 6) is 0.390. The highest BCUT2D eigenvalue weighted by Gasteiger charge is 2.17. The van der Waals surface area contributed by atoms with Gasteiger partial charge in [-0.1, -0.05) is 18.2 Å². The summed E-state index contributed by atoms with van der Waals surface area (Å²) in [4.78, 5) is 29.2. The number of benzene rings is 1. The lowest BCUT2D eigenvalue weighted by Crippen LogP contribution is -2.22. The third kappa shape index (κ3) is 3.14. The zero-order chi connectivity index (χ0) is 17.2. The van der Waals surface area contributed by atoms with Crippen molar-refractivity contribution in [3.8, 4) is 10.8 Å². The van der Waals surface area contributed by atoms with Crippen LogP contribution in [-0.4, -0.2) is 25.8 Å². The molecule has 6 nitrogen and oxygen atoms in total. The van der Waals surface area contributed by atoms with Gasteiger partial charge in [0.2, 0.25) is 0 Å². The van der Waals surface area contributed by atoms with Crippen molar-refractivity contribution in [2.75, 3.05) is 0 Å². The quantitative estimate of drug-likeness (QED) is 0.592. The molecule has 0 radical (unpaired) electrons. The molecule has 0 fully saturated rings. The van der Waals surface area contributed by atoms with E-state index in [2.05, 4.69) is 25.3 Å². The van der Waals surface area contributed by atoms with Gasteiger partial charge in [-0.05, 0) is 30.5 Å². The zero-order valence-corrected chi connectivity index (χ0v) is 14.3. The van der Waals surface area contributed by atoms with E-state index in [1.807, 2.05) is 37.3 Å². The Balaban J connectivity index is 1.50. The third-order valence-corrected chi connectivity index (χ3v) is 4.94. The number of fused-ring (bicyclic) bond motifs is 1. The van der Waals surface area contributed by atoms with Crippen molar-refractivity contribution in [2.45, 2.75) is 13.5 Å². The van der Waals surface area contributed by atoms with E-state index >= 15 is 0 Å². The number of H-pyrrole nitrogens is 1. The molecule has 3 heterocycles. The molecule has 1 amide bonds. The first-order chi connectivity index (χ1) is 12.2. The minimum Gasteiger partial charge on any atom is -0.357 e. The Morgan fingerprint density at radius 3 is 2.80 bits per heavy atom. The summed E-state index contributed by atoms with van der Waals surface area (Å²) in [6, 6.07) is 11.8. The zero-order valence-electron chi connectivity index (χ0n) is 13.5. The van der Waals surface area contributed by atoms with Gasteiger partial charge in [0.15, 0.2) is 10.8 Å². The van der Waals surface area contributed by atoms with Crippen LogP contribution in [0.2, 0.25) is 0 Å². The fourth-order valence-corrected chi connectivity index (χ4v) is 3.53. The minimum atomic E-state index is -0.143. The highest BCUT2D eigenvalue weighted by Crippen LogP contribution is 2.25. The smallest absolute Gasteiger partial charge is 0.263 e. The van der Waals surface area contributed by atoms with Gasteiger partial charge >= 0.3 is 0 Å². The van der Waals surface area contributed by atoms with Gasteiger partial charge in [-0.25, -0.2) is 15.0 Å². The van der Waals surface area contributed by atoms with Crippen LogP contribution in [0.15, 0.2) is 48.8 Å². The third-order valence-electron chi connectivity index (χ3n) is 3.79. The number of hydrogen-bond acceptors (Lipinski definition) is 5. The lowest BCUT2D eigenvalue weighted by atomic mass is 10.2. The van der Waals surface area contributed by atoms with Crippen molar-refractivity contribution in [1.29, 1.82) is 0 Å². The number of carbonyl (C=O) groups excluding carboxylic acids is 1. The van der Waals surface area contributed by atoms with Crippen molar-refractivity contribution >= 4 is 28.1 Å². The maximum atomic E-state index is 12.5. The number of rotatable bonds is 4. The number of carbonyl (C=O) groups is 1. The first-order valence-corrected chi connectivity index (χ1v) is 8.62. The molecular formula is C18H15N5OS. The van der Waals surface area contributed by atoms with Crippen molar-refractivity contribution < 1.29 is 4.79 Å². The van der Waals surface area contributed by atoms with Crippen molar-refractivity contribution in [3.63, 3.8) is 0 Å². The summed E-state index contributed by atoms with van der Waals surface area (Å²) >= 11 is 1.30. The van der Waals surface area contributed by atoms with Gasteiger partial charge in [0, 0.05) is 23.6 Å². The summed E-state index contributed by atoms with van der Waals surface area (Å²) in [7, 11) is 0. The Labute approximate surface area is 148 Å². The number of hydrogen-bond donors (Lipinski definition) is 2. The SMILES string of the molecule is Cc1nc(-c2ncccn2)sc1C(=O)NCc1cc2ccccc2[nH]1. The monoisotopic (exact) mass is 349 g/mol. The molecule has 0 aliphatic heterocycles. The Bertz CT molecular complexity index is 1010. The first kappa shape index (κ1) is 15.5. The summed E-state index contributed by atoms with van der Waals surface area (Å²) in [5, 5.41) is 4.72. The lowest BCUT2D eigenvalue weighted by Gasteiger charge is -2.02. The van der Waals surface area contributed by atoms with Gasteiger partial charge < -0.3 is 10.3 Å². The van der Waals surface area contributed by atoms with Crippen LogP contribution in [0.1, 0.15) is 21.1 Å². The normalized spacial score (nSPS) is 10.9. The molecule has 0 spiro atoms. The predicted octanol–water partition coefficient (Wildman–Crippen LogP) is 3.32. The van der Waals surface area contributed by atoms with E-state index in [9.17, 15) is 4.79 Å². The predicted molar refractivity (Wildman–Crippen MR) is 97.3 cm³/mol. The molecule has 0 unspecified atom stereocenters. The molecule has 7 heteroatoms. The van der Waals surface area contributed by atoms with Crippen LogP contribution in [0, 0.1) is 6.92 Å². The molecule has 0 bridgehead atoms. The molecule has 124 valence electrons. The molecule has 0 atom stereocenters. The summed E-state index contributed by atoms with van der Waals surface area (Å²) in [6.07, 6.45) is 3.32. The number of amides is 1. The summed E-state index contributed by atoms with van der Waals surface area (Å²) < 4.78 is 0.